The van der Waals surface area contributed by atoms with Gasteiger partial charge in [-0.25, -0.2) is 9.78 Å². The van der Waals surface area contributed by atoms with E-state index >= 15 is 0 Å². The fraction of sp³-hybridized carbons (Fsp3) is 0.571. The molecule has 12 heteroatoms. The number of ether oxygens (including phenoxy) is 3. The van der Waals surface area contributed by atoms with Crippen molar-refractivity contribution in [3.8, 4) is 11.5 Å². The van der Waals surface area contributed by atoms with Crippen molar-refractivity contribution in [3.63, 3.8) is 0 Å². The van der Waals surface area contributed by atoms with Gasteiger partial charge in [0.25, 0.3) is 5.91 Å². The molecule has 0 aliphatic carbocycles. The van der Waals surface area contributed by atoms with Crippen LogP contribution in [0.25, 0.3) is 11.0 Å². The number of aliphatic hydroxyl groups is 1. The predicted molar refractivity (Wildman–Crippen MR) is 151 cm³/mol. The van der Waals surface area contributed by atoms with E-state index in [2.05, 4.69) is 20.8 Å². The zero-order valence-corrected chi connectivity index (χ0v) is 24.4. The van der Waals surface area contributed by atoms with Gasteiger partial charge in [-0.3, -0.25) is 9.89 Å². The van der Waals surface area contributed by atoms with E-state index in [0.29, 0.717) is 54.7 Å². The SMILES string of the molecule is CCCC[C@H](NC(=O)O[C@@H](c1nc2c(OCC)ccc(OCC)c2n1C)C(C)(C)C)[C@@H](O)C(=O)Nc1ccn[nH]1. The number of anilines is 1. The number of aryl methyl sites for hydroxylation is 1. The third-order valence-corrected chi connectivity index (χ3v) is 6.41. The number of nitrogens with zero attached hydrogens (tertiary/aromatic N) is 3. The molecule has 0 fully saturated rings. The average Bonchev–Trinajstić information content (AvgIpc) is 3.53. The number of hydrogen-bond donors (Lipinski definition) is 4. The van der Waals surface area contributed by atoms with Crippen molar-refractivity contribution >= 4 is 28.9 Å². The highest BCUT2D eigenvalue weighted by Crippen LogP contribution is 2.40. The lowest BCUT2D eigenvalue weighted by Crippen LogP contribution is -2.49. The molecule has 0 aliphatic heterocycles. The van der Waals surface area contributed by atoms with E-state index in [0.717, 1.165) is 11.9 Å². The minimum Gasteiger partial charge on any atom is -0.492 e. The minimum atomic E-state index is -1.51. The molecule has 0 radical (unpaired) electrons. The number of amides is 2. The molecule has 2 aromatic heterocycles. The van der Waals surface area contributed by atoms with Crippen molar-refractivity contribution in [3.05, 3.63) is 30.2 Å². The van der Waals surface area contributed by atoms with Crippen LogP contribution in [0.1, 0.15) is 72.7 Å². The second kappa shape index (κ2) is 13.5. The van der Waals surface area contributed by atoms with E-state index in [1.807, 2.05) is 65.3 Å². The first-order chi connectivity index (χ1) is 19.0. The summed E-state index contributed by atoms with van der Waals surface area (Å²) in [4.78, 5) is 30.8. The molecule has 1 aromatic carbocycles. The smallest absolute Gasteiger partial charge is 0.408 e. The number of nitrogens with one attached hydrogen (secondary N) is 3. The molecule has 4 N–H and O–H groups in total. The summed E-state index contributed by atoms with van der Waals surface area (Å²) < 4.78 is 19.5. The molecule has 12 nitrogen and oxygen atoms in total. The van der Waals surface area contributed by atoms with Crippen LogP contribution in [0, 0.1) is 5.41 Å². The van der Waals surface area contributed by atoms with Gasteiger partial charge in [0.1, 0.15) is 28.4 Å². The van der Waals surface area contributed by atoms with Crippen LogP contribution >= 0.6 is 0 Å². The second-order valence-electron chi connectivity index (χ2n) is 10.6. The number of aromatic nitrogens is 4. The first-order valence-corrected chi connectivity index (χ1v) is 13.7. The van der Waals surface area contributed by atoms with Crippen LogP contribution in [0.4, 0.5) is 10.6 Å². The Balaban J connectivity index is 1.90. The van der Waals surface area contributed by atoms with Crippen LogP contribution in [-0.2, 0) is 16.6 Å². The number of fused-ring (bicyclic) bond motifs is 1. The number of rotatable bonds is 13. The monoisotopic (exact) mass is 558 g/mol. The van der Waals surface area contributed by atoms with Gasteiger partial charge in [0.2, 0.25) is 0 Å². The Morgan fingerprint density at radius 2 is 1.77 bits per heavy atom. The highest BCUT2D eigenvalue weighted by Gasteiger charge is 2.36. The van der Waals surface area contributed by atoms with Crippen molar-refractivity contribution in [2.24, 2.45) is 12.5 Å². The molecule has 3 aromatic rings. The Morgan fingerprint density at radius 1 is 1.10 bits per heavy atom. The minimum absolute atomic E-state index is 0.341. The van der Waals surface area contributed by atoms with Crippen molar-refractivity contribution in [1.82, 2.24) is 25.1 Å². The summed E-state index contributed by atoms with van der Waals surface area (Å²) >= 11 is 0. The maximum Gasteiger partial charge on any atom is 0.408 e. The second-order valence-corrected chi connectivity index (χ2v) is 10.6. The number of H-pyrrole nitrogens is 1. The van der Waals surface area contributed by atoms with E-state index in [1.54, 1.807) is 6.07 Å². The molecular formula is C28H42N6O6. The fourth-order valence-corrected chi connectivity index (χ4v) is 4.41. The molecule has 0 spiro atoms. The number of benzene rings is 1. The number of carbonyl (C=O) groups is 2. The lowest BCUT2D eigenvalue weighted by Gasteiger charge is -2.31. The first kappa shape index (κ1) is 30.7. The molecule has 220 valence electrons. The number of aliphatic hydroxyl groups excluding tert-OH is 1. The number of carbonyl (C=O) groups excluding carboxylic acids is 2. The molecular weight excluding hydrogens is 516 g/mol. The quantitative estimate of drug-likeness (QED) is 0.240. The molecule has 0 bridgehead atoms. The number of imidazole rings is 1. The molecule has 2 heterocycles. The molecule has 40 heavy (non-hydrogen) atoms. The van der Waals surface area contributed by atoms with Crippen LogP contribution < -0.4 is 20.1 Å². The zero-order chi connectivity index (χ0) is 29.4. The van der Waals surface area contributed by atoms with Gasteiger partial charge in [0.05, 0.1) is 25.5 Å². The molecule has 0 unspecified atom stereocenters. The van der Waals surface area contributed by atoms with Gasteiger partial charge < -0.3 is 34.5 Å². The first-order valence-electron chi connectivity index (χ1n) is 13.7. The molecule has 0 saturated carbocycles. The number of aromatic amines is 1. The Labute approximate surface area is 234 Å². The third kappa shape index (κ3) is 7.23. The van der Waals surface area contributed by atoms with Gasteiger partial charge in [-0.05, 0) is 32.4 Å². The molecule has 3 atom stereocenters. The molecule has 0 saturated heterocycles. The van der Waals surface area contributed by atoms with Crippen molar-refractivity contribution < 1.29 is 28.9 Å². The average molecular weight is 559 g/mol. The number of hydrogen-bond acceptors (Lipinski definition) is 8. The van der Waals surface area contributed by atoms with Crippen molar-refractivity contribution in [1.29, 1.82) is 0 Å². The summed E-state index contributed by atoms with van der Waals surface area (Å²) in [6.07, 6.45) is 0.311. The van der Waals surface area contributed by atoms with Crippen LogP contribution in [0.3, 0.4) is 0 Å². The summed E-state index contributed by atoms with van der Waals surface area (Å²) in [5, 5.41) is 22.5. The van der Waals surface area contributed by atoms with Crippen LogP contribution in [0.5, 0.6) is 11.5 Å². The Morgan fingerprint density at radius 3 is 2.38 bits per heavy atom. The number of unbranched alkanes of at least 4 members (excludes halogenated alkanes) is 1. The van der Waals surface area contributed by atoms with Gasteiger partial charge in [-0.2, -0.15) is 5.10 Å². The Bertz CT molecular complexity index is 1270. The van der Waals surface area contributed by atoms with E-state index in [4.69, 9.17) is 19.2 Å². The molecule has 0 aliphatic rings. The maximum absolute atomic E-state index is 13.3. The van der Waals surface area contributed by atoms with E-state index in [1.165, 1.54) is 6.20 Å². The fourth-order valence-electron chi connectivity index (χ4n) is 4.41. The summed E-state index contributed by atoms with van der Waals surface area (Å²) in [7, 11) is 1.84. The van der Waals surface area contributed by atoms with Gasteiger partial charge >= 0.3 is 6.09 Å². The third-order valence-electron chi connectivity index (χ3n) is 6.41. The van der Waals surface area contributed by atoms with E-state index < -0.39 is 35.7 Å². The van der Waals surface area contributed by atoms with Gasteiger partial charge in [0.15, 0.2) is 18.0 Å². The highest BCUT2D eigenvalue weighted by atomic mass is 16.6. The maximum atomic E-state index is 13.3. The van der Waals surface area contributed by atoms with E-state index in [-0.39, 0.29) is 0 Å². The lowest BCUT2D eigenvalue weighted by atomic mass is 9.88. The highest BCUT2D eigenvalue weighted by molar-refractivity contribution is 5.94. The zero-order valence-electron chi connectivity index (χ0n) is 24.4. The van der Waals surface area contributed by atoms with Crippen molar-refractivity contribution in [2.45, 2.75) is 79.1 Å². The number of alkyl carbamates (subject to hydrolysis) is 1. The standard InChI is InChI=1S/C28H42N6O6/c1-8-11-12-17(23(35)26(36)31-20-15-16-29-33-20)30-27(37)40-24(28(4,5)6)25-32-21-18(38-9-2)13-14-19(39-10-3)22(21)34(25)7/h13-17,23-24,35H,8-12H2,1-7H3,(H,30,37)(H2,29,31,33,36)/t17-,23+,24-/m0/s1. The predicted octanol–water partition coefficient (Wildman–Crippen LogP) is 4.47. The molecule has 3 rings (SSSR count). The topological polar surface area (TPSA) is 153 Å². The Kier molecular flexibility index (Phi) is 10.4. The summed E-state index contributed by atoms with van der Waals surface area (Å²) in [6, 6.07) is 4.36. The normalized spacial score (nSPS) is 13.9. The van der Waals surface area contributed by atoms with Gasteiger partial charge in [0, 0.05) is 18.5 Å². The van der Waals surface area contributed by atoms with Crippen LogP contribution in [-0.4, -0.2) is 62.2 Å². The van der Waals surface area contributed by atoms with E-state index in [9.17, 15) is 14.7 Å². The largest absolute Gasteiger partial charge is 0.492 e. The summed E-state index contributed by atoms with van der Waals surface area (Å²) in [6.45, 7) is 12.6. The Hall–Kier alpha value is -3.80. The lowest BCUT2D eigenvalue weighted by molar-refractivity contribution is -0.125. The van der Waals surface area contributed by atoms with Crippen LogP contribution in [0.15, 0.2) is 24.4 Å². The summed E-state index contributed by atoms with van der Waals surface area (Å²) in [5.41, 5.74) is 0.780. The van der Waals surface area contributed by atoms with Gasteiger partial charge in [-0.15, -0.1) is 0 Å². The van der Waals surface area contributed by atoms with Crippen LogP contribution in [0.2, 0.25) is 0 Å². The van der Waals surface area contributed by atoms with Crippen molar-refractivity contribution in [2.75, 3.05) is 18.5 Å². The van der Waals surface area contributed by atoms with Gasteiger partial charge in [-0.1, -0.05) is 40.5 Å². The molecule has 2 amide bonds. The summed E-state index contributed by atoms with van der Waals surface area (Å²) in [5.74, 6) is 1.43.